The standard InChI is InChI=1S/C33H38N2OS/c1-25(37-31-13-7-9-27-8-5-6-12-30(27)31)26-14-16-28(17-15-26)32(36)35-22-20-34(21-23-35)24-33(18-19-33)29-10-3-2-4-11-29/h2-10,12,14-17,27,29-31H,1,11,13,18-24H2. The van der Waals surface area contributed by atoms with Crippen molar-refractivity contribution < 1.29 is 4.79 Å². The van der Waals surface area contributed by atoms with Crippen LogP contribution < -0.4 is 0 Å². The van der Waals surface area contributed by atoms with Crippen LogP contribution in [0.4, 0.5) is 0 Å². The van der Waals surface area contributed by atoms with E-state index in [1.165, 1.54) is 25.8 Å². The van der Waals surface area contributed by atoms with Crippen LogP contribution in [0.2, 0.25) is 0 Å². The zero-order chi connectivity index (χ0) is 25.2. The van der Waals surface area contributed by atoms with Crippen LogP contribution in [0.1, 0.15) is 41.6 Å². The van der Waals surface area contributed by atoms with Crippen LogP contribution in [0.3, 0.4) is 0 Å². The van der Waals surface area contributed by atoms with Crippen molar-refractivity contribution in [3.63, 3.8) is 0 Å². The second-order valence-corrected chi connectivity index (χ2v) is 12.7. The molecular formula is C33H38N2OS. The summed E-state index contributed by atoms with van der Waals surface area (Å²) in [7, 11) is 0. The van der Waals surface area contributed by atoms with Gasteiger partial charge >= 0.3 is 0 Å². The van der Waals surface area contributed by atoms with E-state index in [4.69, 9.17) is 0 Å². The highest BCUT2D eigenvalue weighted by atomic mass is 32.2. The highest BCUT2D eigenvalue weighted by Crippen LogP contribution is 2.55. The molecule has 1 saturated heterocycles. The summed E-state index contributed by atoms with van der Waals surface area (Å²) < 4.78 is 0. The molecule has 192 valence electrons. The van der Waals surface area contributed by atoms with E-state index in [9.17, 15) is 4.79 Å². The molecule has 1 aliphatic heterocycles. The Bertz CT molecular complexity index is 1160. The SMILES string of the molecule is C=C(SC1CC=CC2C=CC=CC21)c1ccc(C(=O)N2CCN(CC3(C4C=CC=CC4)CC3)CC2)cc1. The van der Waals surface area contributed by atoms with Gasteiger partial charge < -0.3 is 4.90 Å². The lowest BCUT2D eigenvalue weighted by molar-refractivity contribution is 0.0594. The van der Waals surface area contributed by atoms with Gasteiger partial charge in [0.05, 0.1) is 0 Å². The molecule has 1 saturated carbocycles. The summed E-state index contributed by atoms with van der Waals surface area (Å²) >= 11 is 1.88. The highest BCUT2D eigenvalue weighted by Gasteiger charge is 2.49. The minimum atomic E-state index is 0.158. The molecule has 6 rings (SSSR count). The Morgan fingerprint density at radius 2 is 1.59 bits per heavy atom. The minimum absolute atomic E-state index is 0.158. The van der Waals surface area contributed by atoms with Crippen LogP contribution in [0.15, 0.2) is 91.6 Å². The topological polar surface area (TPSA) is 23.6 Å². The lowest BCUT2D eigenvalue weighted by Gasteiger charge is -2.38. The summed E-state index contributed by atoms with van der Waals surface area (Å²) in [4.78, 5) is 19.0. The van der Waals surface area contributed by atoms with Crippen LogP contribution in [-0.2, 0) is 0 Å². The van der Waals surface area contributed by atoms with Crippen molar-refractivity contribution in [1.82, 2.24) is 9.80 Å². The molecule has 0 bridgehead atoms. The third-order valence-electron chi connectivity index (χ3n) is 8.98. The van der Waals surface area contributed by atoms with Gasteiger partial charge in [-0.2, -0.15) is 0 Å². The van der Waals surface area contributed by atoms with E-state index in [1.807, 2.05) is 28.8 Å². The van der Waals surface area contributed by atoms with Crippen molar-refractivity contribution in [2.45, 2.75) is 30.9 Å². The van der Waals surface area contributed by atoms with Gasteiger partial charge in [0.1, 0.15) is 0 Å². The second-order valence-electron chi connectivity index (χ2n) is 11.3. The van der Waals surface area contributed by atoms with E-state index in [0.29, 0.717) is 28.4 Å². The summed E-state index contributed by atoms with van der Waals surface area (Å²) in [5.41, 5.74) is 2.38. The molecular weight excluding hydrogens is 472 g/mol. The van der Waals surface area contributed by atoms with Crippen molar-refractivity contribution >= 4 is 22.6 Å². The van der Waals surface area contributed by atoms with Crippen LogP contribution >= 0.6 is 11.8 Å². The van der Waals surface area contributed by atoms with Crippen molar-refractivity contribution in [2.75, 3.05) is 32.7 Å². The number of carbonyl (C=O) groups is 1. The maximum absolute atomic E-state index is 13.2. The molecule has 1 aromatic carbocycles. The molecule has 0 aromatic heterocycles. The summed E-state index contributed by atoms with van der Waals surface area (Å²) in [5, 5.41) is 0.502. The van der Waals surface area contributed by atoms with Crippen molar-refractivity contribution in [2.24, 2.45) is 23.2 Å². The van der Waals surface area contributed by atoms with E-state index in [0.717, 1.165) is 48.6 Å². The summed E-state index contributed by atoms with van der Waals surface area (Å²) in [6, 6.07) is 8.14. The number of thioether (sulfide) groups is 1. The van der Waals surface area contributed by atoms with Gasteiger partial charge in [-0.3, -0.25) is 9.69 Å². The van der Waals surface area contributed by atoms with Gasteiger partial charge in [0.2, 0.25) is 0 Å². The number of hydrogen-bond donors (Lipinski definition) is 0. The van der Waals surface area contributed by atoms with Gasteiger partial charge in [0.25, 0.3) is 5.91 Å². The molecule has 37 heavy (non-hydrogen) atoms. The Morgan fingerprint density at radius 3 is 2.32 bits per heavy atom. The Labute approximate surface area is 226 Å². The van der Waals surface area contributed by atoms with Crippen molar-refractivity contribution in [3.05, 3.63) is 103 Å². The second kappa shape index (κ2) is 10.7. The number of piperazine rings is 1. The summed E-state index contributed by atoms with van der Waals surface area (Å²) in [6.45, 7) is 9.16. The fraction of sp³-hybridized carbons (Fsp3) is 0.424. The van der Waals surface area contributed by atoms with Gasteiger partial charge in [0, 0.05) is 54.4 Å². The van der Waals surface area contributed by atoms with Crippen molar-refractivity contribution in [1.29, 1.82) is 0 Å². The number of allylic oxidation sites excluding steroid dienone is 10. The molecule has 4 atom stereocenters. The number of amides is 1. The van der Waals surface area contributed by atoms with Gasteiger partial charge in [0.15, 0.2) is 0 Å². The first-order valence-electron chi connectivity index (χ1n) is 13.9. The average Bonchev–Trinajstić information content (AvgIpc) is 3.74. The Balaban J connectivity index is 1.01. The number of carbonyl (C=O) groups excluding carboxylic acids is 1. The number of fused-ring (bicyclic) bond motifs is 1. The third-order valence-corrected chi connectivity index (χ3v) is 10.3. The van der Waals surface area contributed by atoms with Crippen LogP contribution in [0.25, 0.3) is 4.91 Å². The third kappa shape index (κ3) is 5.37. The maximum atomic E-state index is 13.2. The van der Waals surface area contributed by atoms with E-state index >= 15 is 0 Å². The normalized spacial score (nSPS) is 29.8. The highest BCUT2D eigenvalue weighted by molar-refractivity contribution is 8.08. The van der Waals surface area contributed by atoms with Crippen LogP contribution in [-0.4, -0.2) is 53.7 Å². The molecule has 1 heterocycles. The first kappa shape index (κ1) is 24.8. The molecule has 2 fully saturated rings. The predicted molar refractivity (Wildman–Crippen MR) is 156 cm³/mol. The number of nitrogens with zero attached hydrogens (tertiary/aromatic N) is 2. The molecule has 1 amide bonds. The average molecular weight is 511 g/mol. The Morgan fingerprint density at radius 1 is 0.865 bits per heavy atom. The van der Waals surface area contributed by atoms with E-state index in [2.05, 4.69) is 84.4 Å². The fourth-order valence-electron chi connectivity index (χ4n) is 6.49. The number of rotatable bonds is 7. The van der Waals surface area contributed by atoms with Crippen molar-refractivity contribution in [3.8, 4) is 0 Å². The lowest BCUT2D eigenvalue weighted by Crippen LogP contribution is -2.50. The zero-order valence-corrected chi connectivity index (χ0v) is 22.5. The molecule has 3 nitrogen and oxygen atoms in total. The molecule has 1 aromatic rings. The van der Waals surface area contributed by atoms with Crippen LogP contribution in [0, 0.1) is 23.2 Å². The zero-order valence-electron chi connectivity index (χ0n) is 21.7. The first-order valence-corrected chi connectivity index (χ1v) is 14.8. The molecule has 0 N–H and O–H groups in total. The molecule has 0 spiro atoms. The van der Waals surface area contributed by atoms with Gasteiger partial charge in [-0.1, -0.05) is 79.5 Å². The molecule has 4 unspecified atom stereocenters. The van der Waals surface area contributed by atoms with E-state index in [1.54, 1.807) is 0 Å². The summed E-state index contributed by atoms with van der Waals surface area (Å²) in [5.74, 6) is 1.88. The first-order chi connectivity index (χ1) is 18.1. The number of hydrogen-bond acceptors (Lipinski definition) is 3. The van der Waals surface area contributed by atoms with Gasteiger partial charge in [-0.05, 0) is 60.6 Å². The predicted octanol–water partition coefficient (Wildman–Crippen LogP) is 6.75. The molecule has 0 radical (unpaired) electrons. The lowest BCUT2D eigenvalue weighted by atomic mass is 9.81. The smallest absolute Gasteiger partial charge is 0.253 e. The van der Waals surface area contributed by atoms with Gasteiger partial charge in [-0.25, -0.2) is 0 Å². The fourth-order valence-corrected chi connectivity index (χ4v) is 7.76. The quantitative estimate of drug-likeness (QED) is 0.379. The van der Waals surface area contributed by atoms with E-state index < -0.39 is 0 Å². The van der Waals surface area contributed by atoms with Crippen LogP contribution in [0.5, 0.6) is 0 Å². The van der Waals surface area contributed by atoms with E-state index in [-0.39, 0.29) is 5.91 Å². The molecule has 4 aliphatic carbocycles. The Hall–Kier alpha value is -2.56. The molecule has 4 heteroatoms. The number of benzene rings is 1. The Kier molecular flexibility index (Phi) is 7.14. The largest absolute Gasteiger partial charge is 0.336 e. The van der Waals surface area contributed by atoms with Gasteiger partial charge in [-0.15, -0.1) is 11.8 Å². The summed E-state index contributed by atoms with van der Waals surface area (Å²) in [6.07, 6.45) is 27.7. The minimum Gasteiger partial charge on any atom is -0.336 e. The monoisotopic (exact) mass is 510 g/mol. The maximum Gasteiger partial charge on any atom is 0.253 e. The molecule has 5 aliphatic rings.